The lowest BCUT2D eigenvalue weighted by Crippen LogP contribution is -2.14. The van der Waals surface area contributed by atoms with Crippen LogP contribution < -0.4 is 4.74 Å². The summed E-state index contributed by atoms with van der Waals surface area (Å²) >= 11 is 0. The van der Waals surface area contributed by atoms with Crippen LogP contribution in [0.2, 0.25) is 0 Å². The summed E-state index contributed by atoms with van der Waals surface area (Å²) in [5.41, 5.74) is 3.82. The molecule has 2 saturated carbocycles. The van der Waals surface area contributed by atoms with Crippen molar-refractivity contribution in [3.8, 4) is 5.75 Å². The van der Waals surface area contributed by atoms with Crippen LogP contribution >= 0.6 is 0 Å². The molecule has 0 unspecified atom stereocenters. The number of benzene rings is 1. The summed E-state index contributed by atoms with van der Waals surface area (Å²) in [5, 5.41) is 0. The second-order valence-electron chi connectivity index (χ2n) is 7.93. The summed E-state index contributed by atoms with van der Waals surface area (Å²) in [6, 6.07) is 3.31. The number of allylic oxidation sites excluding steroid dienone is 2. The zero-order chi connectivity index (χ0) is 18.5. The van der Waals surface area contributed by atoms with Crippen LogP contribution in [0.3, 0.4) is 0 Å². The summed E-state index contributed by atoms with van der Waals surface area (Å²) in [6.45, 7) is 4.39. The Labute approximate surface area is 156 Å². The van der Waals surface area contributed by atoms with Crippen LogP contribution in [0.1, 0.15) is 89.5 Å². The van der Waals surface area contributed by atoms with Gasteiger partial charge in [-0.1, -0.05) is 37.0 Å². The lowest BCUT2D eigenvalue weighted by atomic mass is 9.75. The minimum atomic E-state index is -0.831. The zero-order valence-electron chi connectivity index (χ0n) is 16.3. The van der Waals surface area contributed by atoms with Crippen LogP contribution in [-0.4, -0.2) is 6.61 Å². The topological polar surface area (TPSA) is 9.23 Å². The normalized spacial score (nSPS) is 24.0. The maximum absolute atomic E-state index is 14.5. The van der Waals surface area contributed by atoms with Crippen molar-refractivity contribution in [2.45, 2.75) is 84.0 Å². The molecule has 2 fully saturated rings. The van der Waals surface area contributed by atoms with Gasteiger partial charge >= 0.3 is 0 Å². The Morgan fingerprint density at radius 2 is 1.50 bits per heavy atom. The van der Waals surface area contributed by atoms with Gasteiger partial charge in [-0.3, -0.25) is 0 Å². The van der Waals surface area contributed by atoms with Gasteiger partial charge in [-0.05, 0) is 81.8 Å². The molecule has 0 atom stereocenters. The van der Waals surface area contributed by atoms with E-state index in [1.807, 2.05) is 0 Å². The van der Waals surface area contributed by atoms with Gasteiger partial charge in [0.05, 0.1) is 6.61 Å². The molecule has 3 rings (SSSR count). The van der Waals surface area contributed by atoms with Crippen molar-refractivity contribution >= 4 is 0 Å². The molecule has 0 saturated heterocycles. The summed E-state index contributed by atoms with van der Waals surface area (Å²) in [6.07, 6.45) is 11.8. The number of rotatable bonds is 5. The Morgan fingerprint density at radius 3 is 2.08 bits per heavy atom. The van der Waals surface area contributed by atoms with Crippen LogP contribution in [0, 0.1) is 17.6 Å². The SMILES string of the molecule is CCCC1CCC(=C2CCC(c3ccc(OCC)c(F)c3F)CC2)CC1. The highest BCUT2D eigenvalue weighted by molar-refractivity contribution is 5.34. The van der Waals surface area contributed by atoms with Gasteiger partial charge in [-0.25, -0.2) is 4.39 Å². The maximum atomic E-state index is 14.5. The number of halogens is 2. The summed E-state index contributed by atoms with van der Waals surface area (Å²) in [7, 11) is 0. The second-order valence-corrected chi connectivity index (χ2v) is 7.93. The molecule has 0 amide bonds. The molecule has 0 aliphatic heterocycles. The predicted octanol–water partition coefficient (Wildman–Crippen LogP) is 7.31. The monoisotopic (exact) mass is 362 g/mol. The molecule has 0 N–H and O–H groups in total. The van der Waals surface area contributed by atoms with Gasteiger partial charge in [-0.15, -0.1) is 0 Å². The zero-order valence-corrected chi connectivity index (χ0v) is 16.3. The fourth-order valence-electron chi connectivity index (χ4n) is 4.84. The largest absolute Gasteiger partial charge is 0.491 e. The summed E-state index contributed by atoms with van der Waals surface area (Å²) in [4.78, 5) is 0. The maximum Gasteiger partial charge on any atom is 0.200 e. The fraction of sp³-hybridized carbons (Fsp3) is 0.652. The van der Waals surface area contributed by atoms with Crippen LogP contribution in [0.15, 0.2) is 23.3 Å². The molecule has 1 nitrogen and oxygen atoms in total. The van der Waals surface area contributed by atoms with E-state index in [-0.39, 0.29) is 11.7 Å². The van der Waals surface area contributed by atoms with E-state index in [0.29, 0.717) is 12.2 Å². The first-order valence-corrected chi connectivity index (χ1v) is 10.4. The third kappa shape index (κ3) is 4.29. The number of ether oxygens (including phenoxy) is 1. The van der Waals surface area contributed by atoms with Crippen LogP contribution in [0.4, 0.5) is 8.78 Å². The first kappa shape index (κ1) is 19.4. The Hall–Kier alpha value is -1.38. The molecule has 144 valence electrons. The first-order valence-electron chi connectivity index (χ1n) is 10.4. The average molecular weight is 363 g/mol. The van der Waals surface area contributed by atoms with E-state index in [1.165, 1.54) is 38.5 Å². The highest BCUT2D eigenvalue weighted by atomic mass is 19.2. The van der Waals surface area contributed by atoms with E-state index < -0.39 is 11.6 Å². The molecule has 1 aromatic carbocycles. The number of hydrogen-bond acceptors (Lipinski definition) is 1. The van der Waals surface area contributed by atoms with E-state index in [9.17, 15) is 8.78 Å². The van der Waals surface area contributed by atoms with Gasteiger partial charge in [0.25, 0.3) is 0 Å². The summed E-state index contributed by atoms with van der Waals surface area (Å²) in [5.74, 6) is -0.473. The van der Waals surface area contributed by atoms with Crippen molar-refractivity contribution in [1.82, 2.24) is 0 Å². The quantitative estimate of drug-likeness (QED) is 0.499. The van der Waals surface area contributed by atoms with Crippen molar-refractivity contribution in [1.29, 1.82) is 0 Å². The molecule has 0 radical (unpaired) electrons. The van der Waals surface area contributed by atoms with Crippen molar-refractivity contribution in [2.75, 3.05) is 6.61 Å². The predicted molar refractivity (Wildman–Crippen MR) is 103 cm³/mol. The fourth-order valence-corrected chi connectivity index (χ4v) is 4.84. The van der Waals surface area contributed by atoms with Crippen molar-refractivity contribution in [2.24, 2.45) is 5.92 Å². The lowest BCUT2D eigenvalue weighted by Gasteiger charge is -2.30. The van der Waals surface area contributed by atoms with E-state index in [1.54, 1.807) is 30.2 Å². The van der Waals surface area contributed by atoms with Gasteiger partial charge in [0.1, 0.15) is 0 Å². The van der Waals surface area contributed by atoms with Crippen molar-refractivity contribution < 1.29 is 13.5 Å². The average Bonchev–Trinajstić information content (AvgIpc) is 2.67. The van der Waals surface area contributed by atoms with E-state index in [0.717, 1.165) is 31.6 Å². The van der Waals surface area contributed by atoms with Crippen LogP contribution in [0.5, 0.6) is 5.75 Å². The Bertz CT molecular complexity index is 630. The van der Waals surface area contributed by atoms with E-state index in [2.05, 4.69) is 6.92 Å². The highest BCUT2D eigenvalue weighted by Gasteiger charge is 2.26. The molecule has 1 aromatic rings. The van der Waals surface area contributed by atoms with Gasteiger partial charge in [0, 0.05) is 0 Å². The van der Waals surface area contributed by atoms with E-state index in [4.69, 9.17) is 4.74 Å². The third-order valence-corrected chi connectivity index (χ3v) is 6.31. The van der Waals surface area contributed by atoms with Gasteiger partial charge in [-0.2, -0.15) is 4.39 Å². The Balaban J connectivity index is 1.62. The lowest BCUT2D eigenvalue weighted by molar-refractivity contribution is 0.312. The van der Waals surface area contributed by atoms with Gasteiger partial charge in [0.15, 0.2) is 11.6 Å². The molecule has 2 aliphatic carbocycles. The molecule has 26 heavy (non-hydrogen) atoms. The number of hydrogen-bond donors (Lipinski definition) is 0. The highest BCUT2D eigenvalue weighted by Crippen LogP contribution is 2.42. The molecule has 0 bridgehead atoms. The minimum absolute atomic E-state index is 0.0243. The van der Waals surface area contributed by atoms with Crippen molar-refractivity contribution in [3.63, 3.8) is 0 Å². The van der Waals surface area contributed by atoms with Crippen molar-refractivity contribution in [3.05, 3.63) is 40.5 Å². The van der Waals surface area contributed by atoms with Crippen LogP contribution in [-0.2, 0) is 0 Å². The molecule has 0 aromatic heterocycles. The van der Waals surface area contributed by atoms with Gasteiger partial charge in [0.2, 0.25) is 5.82 Å². The molecule has 3 heteroatoms. The minimum Gasteiger partial charge on any atom is -0.491 e. The Kier molecular flexibility index (Phi) is 6.72. The summed E-state index contributed by atoms with van der Waals surface area (Å²) < 4.78 is 33.8. The third-order valence-electron chi connectivity index (χ3n) is 6.31. The van der Waals surface area contributed by atoms with Gasteiger partial charge < -0.3 is 4.74 Å². The first-order chi connectivity index (χ1) is 12.6. The Morgan fingerprint density at radius 1 is 0.885 bits per heavy atom. The molecular weight excluding hydrogens is 330 g/mol. The molecule has 0 spiro atoms. The molecular formula is C23H32F2O. The second kappa shape index (κ2) is 9.01. The smallest absolute Gasteiger partial charge is 0.200 e. The van der Waals surface area contributed by atoms with E-state index >= 15 is 0 Å². The standard InChI is InChI=1S/C23H32F2O/c1-3-5-16-6-8-17(9-7-16)18-10-12-19(13-11-18)20-14-15-21(26-4-2)23(25)22(20)24/h14-16,19H,3-13H2,1-2H3. The molecule has 0 heterocycles. The molecule has 2 aliphatic rings. The van der Waals surface area contributed by atoms with Crippen LogP contribution in [0.25, 0.3) is 0 Å².